The third-order valence-electron chi connectivity index (χ3n) is 6.08. The molecule has 176 valence electrons. The Morgan fingerprint density at radius 1 is 0.903 bits per heavy atom. The molecular formula is C21H33NO9. The first-order valence-electron chi connectivity index (χ1n) is 10.6. The van der Waals surface area contributed by atoms with E-state index in [1.165, 1.54) is 0 Å². The van der Waals surface area contributed by atoms with Crippen molar-refractivity contribution < 1.29 is 45.2 Å². The predicted molar refractivity (Wildman–Crippen MR) is 108 cm³/mol. The molecule has 0 unspecified atom stereocenters. The highest BCUT2D eigenvalue weighted by molar-refractivity contribution is 5.14. The van der Waals surface area contributed by atoms with Crippen LogP contribution in [0.15, 0.2) is 30.3 Å². The molecule has 2 heterocycles. The first kappa shape index (κ1) is 24.5. The molecule has 0 bridgehead atoms. The largest absolute Gasteiger partial charge is 0.395 e. The molecule has 0 aromatic heterocycles. The maximum Gasteiger partial charge on any atom is 0.187 e. The van der Waals surface area contributed by atoms with E-state index in [-0.39, 0.29) is 13.2 Å². The summed E-state index contributed by atoms with van der Waals surface area (Å²) in [4.78, 5) is 1.81. The average Bonchev–Trinajstić information content (AvgIpc) is 2.78. The second kappa shape index (κ2) is 11.1. The minimum absolute atomic E-state index is 0.135. The van der Waals surface area contributed by atoms with E-state index in [4.69, 9.17) is 9.47 Å². The second-order valence-corrected chi connectivity index (χ2v) is 8.19. The number of aryl methyl sites for hydroxylation is 1. The van der Waals surface area contributed by atoms with E-state index in [1.54, 1.807) is 0 Å². The molecule has 1 aromatic carbocycles. The zero-order valence-corrected chi connectivity index (χ0v) is 17.2. The van der Waals surface area contributed by atoms with Crippen molar-refractivity contribution in [2.75, 3.05) is 26.3 Å². The van der Waals surface area contributed by atoms with Crippen LogP contribution in [0.2, 0.25) is 0 Å². The number of aliphatic hydroxyl groups excluding tert-OH is 7. The van der Waals surface area contributed by atoms with Crippen molar-refractivity contribution in [3.63, 3.8) is 0 Å². The summed E-state index contributed by atoms with van der Waals surface area (Å²) in [5.41, 5.74) is 1.16. The fourth-order valence-electron chi connectivity index (χ4n) is 4.25. The smallest absolute Gasteiger partial charge is 0.187 e. The Kier molecular flexibility index (Phi) is 8.76. The SMILES string of the molecule is OC[C@@H]1[C@@H](O[C@H]2O[C@H](CO)[C@@H](O)[C@H](O)[C@H]2O)[C@H](O)[C@@H](O)CN1CCCc1ccccc1. The molecule has 0 spiro atoms. The van der Waals surface area contributed by atoms with Gasteiger partial charge in [-0.25, -0.2) is 0 Å². The van der Waals surface area contributed by atoms with Crippen LogP contribution >= 0.6 is 0 Å². The third-order valence-corrected chi connectivity index (χ3v) is 6.08. The molecule has 2 fully saturated rings. The highest BCUT2D eigenvalue weighted by atomic mass is 16.7. The Morgan fingerprint density at radius 3 is 2.26 bits per heavy atom. The van der Waals surface area contributed by atoms with Crippen LogP contribution in [0.1, 0.15) is 12.0 Å². The lowest BCUT2D eigenvalue weighted by Gasteiger charge is -2.48. The summed E-state index contributed by atoms with van der Waals surface area (Å²) in [5, 5.41) is 70.3. The van der Waals surface area contributed by atoms with Crippen molar-refractivity contribution in [3.05, 3.63) is 35.9 Å². The standard InChI is InChI=1S/C21H33NO9/c23-10-13-20(31-21-19(29)18(28)17(27)15(11-24)30-21)16(26)14(25)9-22(13)8-4-7-12-5-2-1-3-6-12/h1-3,5-6,13-21,23-29H,4,7-11H2/t13-,14+,15-,16-,17-,18+,19-,20-,21-/m1/s1. The molecule has 31 heavy (non-hydrogen) atoms. The number of nitrogens with zero attached hydrogens (tertiary/aromatic N) is 1. The van der Waals surface area contributed by atoms with E-state index in [0.29, 0.717) is 6.54 Å². The maximum atomic E-state index is 10.5. The number of hydrogen-bond donors (Lipinski definition) is 7. The van der Waals surface area contributed by atoms with Crippen LogP contribution < -0.4 is 0 Å². The molecule has 3 rings (SSSR count). The Bertz CT molecular complexity index is 664. The van der Waals surface area contributed by atoms with Crippen LogP contribution in [-0.2, 0) is 15.9 Å². The van der Waals surface area contributed by atoms with Crippen LogP contribution in [0.4, 0.5) is 0 Å². The van der Waals surface area contributed by atoms with Crippen molar-refractivity contribution in [1.82, 2.24) is 4.90 Å². The lowest BCUT2D eigenvalue weighted by atomic mass is 9.93. The average molecular weight is 443 g/mol. The Hall–Kier alpha value is -1.18. The summed E-state index contributed by atoms with van der Waals surface area (Å²) in [7, 11) is 0. The molecule has 7 N–H and O–H groups in total. The van der Waals surface area contributed by atoms with Crippen LogP contribution in [-0.4, -0.2) is 122 Å². The number of ether oxygens (including phenoxy) is 2. The van der Waals surface area contributed by atoms with Crippen molar-refractivity contribution in [3.8, 4) is 0 Å². The van der Waals surface area contributed by atoms with Gasteiger partial charge < -0.3 is 45.2 Å². The van der Waals surface area contributed by atoms with Crippen molar-refractivity contribution in [2.45, 2.75) is 67.9 Å². The molecule has 1 aromatic rings. The number of piperidine rings is 1. The number of rotatable bonds is 8. The van der Waals surface area contributed by atoms with E-state index in [0.717, 1.165) is 18.4 Å². The minimum atomic E-state index is -1.64. The van der Waals surface area contributed by atoms with E-state index >= 15 is 0 Å². The summed E-state index contributed by atoms with van der Waals surface area (Å²) in [5.74, 6) is 0. The Morgan fingerprint density at radius 2 is 1.61 bits per heavy atom. The van der Waals surface area contributed by atoms with Crippen LogP contribution in [0.25, 0.3) is 0 Å². The zero-order valence-electron chi connectivity index (χ0n) is 17.2. The first-order chi connectivity index (χ1) is 14.9. The molecule has 9 atom stereocenters. The molecule has 10 nitrogen and oxygen atoms in total. The third kappa shape index (κ3) is 5.60. The van der Waals surface area contributed by atoms with Crippen molar-refractivity contribution >= 4 is 0 Å². The van der Waals surface area contributed by atoms with Crippen molar-refractivity contribution in [2.24, 2.45) is 0 Å². The molecule has 2 saturated heterocycles. The van der Waals surface area contributed by atoms with E-state index in [9.17, 15) is 35.7 Å². The molecule has 10 heteroatoms. The fourth-order valence-corrected chi connectivity index (χ4v) is 4.25. The molecule has 2 aliphatic heterocycles. The first-order valence-corrected chi connectivity index (χ1v) is 10.6. The van der Waals surface area contributed by atoms with Gasteiger partial charge in [0.05, 0.1) is 25.4 Å². The van der Waals surface area contributed by atoms with Gasteiger partial charge >= 0.3 is 0 Å². The highest BCUT2D eigenvalue weighted by Gasteiger charge is 2.49. The molecule has 0 saturated carbocycles. The lowest BCUT2D eigenvalue weighted by molar-refractivity contribution is -0.328. The number of β-amino-alcohol motifs (C(OH)–C–C–N with tert-alkyl or cyclic N) is 1. The zero-order chi connectivity index (χ0) is 22.5. The van der Waals surface area contributed by atoms with E-state index in [2.05, 4.69) is 0 Å². The van der Waals surface area contributed by atoms with Gasteiger partial charge in [0.2, 0.25) is 0 Å². The topological polar surface area (TPSA) is 163 Å². The van der Waals surface area contributed by atoms with Gasteiger partial charge in [-0.1, -0.05) is 30.3 Å². The summed E-state index contributed by atoms with van der Waals surface area (Å²) < 4.78 is 11.1. The normalized spacial score (nSPS) is 39.5. The minimum Gasteiger partial charge on any atom is -0.395 e. The Balaban J connectivity index is 1.67. The highest BCUT2D eigenvalue weighted by Crippen LogP contribution is 2.28. The molecule has 0 radical (unpaired) electrons. The van der Waals surface area contributed by atoms with Crippen LogP contribution in [0, 0.1) is 0 Å². The molecule has 0 amide bonds. The van der Waals surface area contributed by atoms with Crippen LogP contribution in [0.5, 0.6) is 0 Å². The van der Waals surface area contributed by atoms with Crippen molar-refractivity contribution in [1.29, 1.82) is 0 Å². The van der Waals surface area contributed by atoms with Gasteiger partial charge in [0.1, 0.15) is 36.6 Å². The predicted octanol–water partition coefficient (Wildman–Crippen LogP) is -2.80. The van der Waals surface area contributed by atoms with Gasteiger partial charge in [0.25, 0.3) is 0 Å². The molecule has 0 aliphatic carbocycles. The summed E-state index contributed by atoms with van der Waals surface area (Å²) in [6.45, 7) is -0.332. The Labute approximate surface area is 180 Å². The van der Waals surface area contributed by atoms with Gasteiger partial charge in [-0.05, 0) is 24.9 Å². The van der Waals surface area contributed by atoms with Gasteiger partial charge in [-0.15, -0.1) is 0 Å². The van der Waals surface area contributed by atoms with Gasteiger partial charge in [-0.3, -0.25) is 4.90 Å². The van der Waals surface area contributed by atoms with E-state index in [1.807, 2.05) is 35.2 Å². The quantitative estimate of drug-likeness (QED) is 0.223. The summed E-state index contributed by atoms with van der Waals surface area (Å²) >= 11 is 0. The number of aliphatic hydroxyl groups is 7. The summed E-state index contributed by atoms with van der Waals surface area (Å²) in [6.07, 6.45) is -9.56. The number of benzene rings is 1. The molecule has 2 aliphatic rings. The maximum absolute atomic E-state index is 10.5. The van der Waals surface area contributed by atoms with E-state index < -0.39 is 61.7 Å². The monoisotopic (exact) mass is 443 g/mol. The van der Waals surface area contributed by atoms with Gasteiger partial charge in [0.15, 0.2) is 6.29 Å². The second-order valence-electron chi connectivity index (χ2n) is 8.19. The number of hydrogen-bond acceptors (Lipinski definition) is 10. The van der Waals surface area contributed by atoms with Gasteiger partial charge in [0, 0.05) is 6.54 Å². The summed E-state index contributed by atoms with van der Waals surface area (Å²) in [6, 6.07) is 9.19. The van der Waals surface area contributed by atoms with Gasteiger partial charge in [-0.2, -0.15) is 0 Å². The lowest BCUT2D eigenvalue weighted by Crippen LogP contribution is -2.66. The van der Waals surface area contributed by atoms with Crippen LogP contribution in [0.3, 0.4) is 0 Å². The number of likely N-dealkylation sites (tertiary alicyclic amines) is 1. The fraction of sp³-hybridized carbons (Fsp3) is 0.714. The molecular weight excluding hydrogens is 410 g/mol.